The van der Waals surface area contributed by atoms with Gasteiger partial charge < -0.3 is 5.32 Å². The molecule has 0 spiro atoms. The van der Waals surface area contributed by atoms with Crippen LogP contribution in [0.1, 0.15) is 30.4 Å². The highest BCUT2D eigenvalue weighted by Crippen LogP contribution is 2.22. The van der Waals surface area contributed by atoms with Gasteiger partial charge in [0.1, 0.15) is 0 Å². The standard InChI is InChI=1S/C14H19F2NS/c15-14(16)13-3-1-11(2-4-13)9-17-10-12-5-7-18-8-6-12/h1-4,12,14,17H,5-10H2. The minimum absolute atomic E-state index is 0.100. The van der Waals surface area contributed by atoms with Gasteiger partial charge in [0.25, 0.3) is 6.43 Å². The first-order valence-corrected chi connectivity index (χ1v) is 7.56. The lowest BCUT2D eigenvalue weighted by Crippen LogP contribution is -2.25. The quantitative estimate of drug-likeness (QED) is 0.873. The molecule has 0 aliphatic carbocycles. The average Bonchev–Trinajstić information content (AvgIpc) is 2.40. The summed E-state index contributed by atoms with van der Waals surface area (Å²) in [5, 5.41) is 3.42. The maximum Gasteiger partial charge on any atom is 0.263 e. The second-order valence-corrected chi connectivity index (χ2v) is 5.95. The monoisotopic (exact) mass is 271 g/mol. The van der Waals surface area contributed by atoms with E-state index >= 15 is 0 Å². The molecule has 0 radical (unpaired) electrons. The third-order valence-electron chi connectivity index (χ3n) is 3.33. The van der Waals surface area contributed by atoms with Crippen molar-refractivity contribution < 1.29 is 8.78 Å². The summed E-state index contributed by atoms with van der Waals surface area (Å²) in [7, 11) is 0. The lowest BCUT2D eigenvalue weighted by Gasteiger charge is -2.21. The molecule has 1 aromatic carbocycles. The van der Waals surface area contributed by atoms with E-state index in [4.69, 9.17) is 0 Å². The summed E-state index contributed by atoms with van der Waals surface area (Å²) >= 11 is 2.03. The first kappa shape index (κ1) is 13.8. The first-order valence-electron chi connectivity index (χ1n) is 6.41. The number of thioether (sulfide) groups is 1. The molecule has 1 aromatic rings. The van der Waals surface area contributed by atoms with Crippen LogP contribution in [0.25, 0.3) is 0 Å². The second kappa shape index (κ2) is 7.10. The second-order valence-electron chi connectivity index (χ2n) is 4.73. The number of nitrogens with one attached hydrogen (secondary N) is 1. The van der Waals surface area contributed by atoms with Crippen molar-refractivity contribution in [1.82, 2.24) is 5.32 Å². The van der Waals surface area contributed by atoms with Crippen LogP contribution in [0.5, 0.6) is 0 Å². The topological polar surface area (TPSA) is 12.0 Å². The van der Waals surface area contributed by atoms with Crippen LogP contribution in [-0.2, 0) is 6.54 Å². The van der Waals surface area contributed by atoms with Crippen LogP contribution in [-0.4, -0.2) is 18.1 Å². The van der Waals surface area contributed by atoms with Gasteiger partial charge in [-0.3, -0.25) is 0 Å². The molecule has 1 saturated heterocycles. The van der Waals surface area contributed by atoms with Crippen LogP contribution in [0.2, 0.25) is 0 Å². The van der Waals surface area contributed by atoms with Gasteiger partial charge in [-0.25, -0.2) is 8.78 Å². The van der Waals surface area contributed by atoms with E-state index < -0.39 is 6.43 Å². The molecule has 4 heteroatoms. The summed E-state index contributed by atoms with van der Waals surface area (Å²) < 4.78 is 24.8. The van der Waals surface area contributed by atoms with E-state index in [0.717, 1.165) is 24.6 Å². The molecule has 18 heavy (non-hydrogen) atoms. The Balaban J connectivity index is 1.72. The Morgan fingerprint density at radius 1 is 1.17 bits per heavy atom. The highest BCUT2D eigenvalue weighted by Gasteiger charge is 2.12. The van der Waals surface area contributed by atoms with Gasteiger partial charge in [0.15, 0.2) is 0 Å². The van der Waals surface area contributed by atoms with Crippen molar-refractivity contribution in [3.63, 3.8) is 0 Å². The lowest BCUT2D eigenvalue weighted by atomic mass is 10.0. The number of hydrogen-bond acceptors (Lipinski definition) is 2. The maximum absolute atomic E-state index is 12.4. The molecule has 0 aromatic heterocycles. The van der Waals surface area contributed by atoms with Crippen LogP contribution in [0, 0.1) is 5.92 Å². The SMILES string of the molecule is FC(F)c1ccc(CNCC2CCSCC2)cc1. The van der Waals surface area contributed by atoms with E-state index in [0.29, 0.717) is 0 Å². The van der Waals surface area contributed by atoms with Gasteiger partial charge in [-0.05, 0) is 42.4 Å². The number of rotatable bonds is 5. The molecule has 100 valence electrons. The largest absolute Gasteiger partial charge is 0.312 e. The molecule has 0 unspecified atom stereocenters. The molecular formula is C14H19F2NS. The minimum atomic E-state index is -2.37. The van der Waals surface area contributed by atoms with E-state index in [1.165, 1.54) is 36.5 Å². The van der Waals surface area contributed by atoms with Gasteiger partial charge in [0.2, 0.25) is 0 Å². The Bertz CT molecular complexity index is 347. The molecular weight excluding hydrogens is 252 g/mol. The Kier molecular flexibility index (Phi) is 5.45. The summed E-state index contributed by atoms with van der Waals surface area (Å²) in [5.74, 6) is 3.33. The van der Waals surface area contributed by atoms with E-state index in [9.17, 15) is 8.78 Å². The summed E-state index contributed by atoms with van der Waals surface area (Å²) in [4.78, 5) is 0. The molecule has 0 amide bonds. The molecule has 0 saturated carbocycles. The minimum Gasteiger partial charge on any atom is -0.312 e. The third-order valence-corrected chi connectivity index (χ3v) is 4.38. The molecule has 1 aliphatic heterocycles. The predicted molar refractivity (Wildman–Crippen MR) is 73.2 cm³/mol. The van der Waals surface area contributed by atoms with E-state index in [1.54, 1.807) is 12.1 Å². The Morgan fingerprint density at radius 2 is 1.83 bits per heavy atom. The smallest absolute Gasteiger partial charge is 0.263 e. The lowest BCUT2D eigenvalue weighted by molar-refractivity contribution is 0.151. The van der Waals surface area contributed by atoms with Crippen LogP contribution in [0.4, 0.5) is 8.78 Å². The summed E-state index contributed by atoms with van der Waals surface area (Å²) in [6.45, 7) is 1.81. The third kappa shape index (κ3) is 4.25. The van der Waals surface area contributed by atoms with Crippen LogP contribution >= 0.6 is 11.8 Å². The maximum atomic E-state index is 12.4. The molecule has 0 bridgehead atoms. The fraction of sp³-hybridized carbons (Fsp3) is 0.571. The summed E-state index contributed by atoms with van der Waals surface area (Å²) in [6.07, 6.45) is 0.219. The predicted octanol–water partition coefficient (Wildman–Crippen LogP) is 3.86. The number of alkyl halides is 2. The summed E-state index contributed by atoms with van der Waals surface area (Å²) in [6, 6.07) is 6.59. The van der Waals surface area contributed by atoms with Crippen molar-refractivity contribution in [1.29, 1.82) is 0 Å². The zero-order chi connectivity index (χ0) is 12.8. The highest BCUT2D eigenvalue weighted by molar-refractivity contribution is 7.99. The van der Waals surface area contributed by atoms with Gasteiger partial charge in [0.05, 0.1) is 0 Å². The first-order chi connectivity index (χ1) is 8.75. The number of hydrogen-bond donors (Lipinski definition) is 1. The fourth-order valence-corrected chi connectivity index (χ4v) is 3.36. The van der Waals surface area contributed by atoms with Gasteiger partial charge in [0, 0.05) is 12.1 Å². The van der Waals surface area contributed by atoms with Crippen molar-refractivity contribution in [2.45, 2.75) is 25.8 Å². The van der Waals surface area contributed by atoms with Gasteiger partial charge in [-0.15, -0.1) is 0 Å². The molecule has 1 nitrogen and oxygen atoms in total. The van der Waals surface area contributed by atoms with Crippen molar-refractivity contribution in [3.05, 3.63) is 35.4 Å². The van der Waals surface area contributed by atoms with Crippen molar-refractivity contribution in [3.8, 4) is 0 Å². The van der Waals surface area contributed by atoms with Gasteiger partial charge in [-0.1, -0.05) is 24.3 Å². The van der Waals surface area contributed by atoms with Crippen LogP contribution < -0.4 is 5.32 Å². The number of benzene rings is 1. The summed E-state index contributed by atoms with van der Waals surface area (Å²) in [5.41, 5.74) is 1.17. The van der Waals surface area contributed by atoms with Crippen molar-refractivity contribution in [2.75, 3.05) is 18.1 Å². The normalized spacial score (nSPS) is 17.3. The average molecular weight is 271 g/mol. The van der Waals surface area contributed by atoms with Crippen LogP contribution in [0.15, 0.2) is 24.3 Å². The molecule has 1 aliphatic rings. The van der Waals surface area contributed by atoms with Crippen molar-refractivity contribution in [2.24, 2.45) is 5.92 Å². The highest BCUT2D eigenvalue weighted by atomic mass is 32.2. The fourth-order valence-electron chi connectivity index (χ4n) is 2.15. The van der Waals surface area contributed by atoms with Gasteiger partial charge >= 0.3 is 0 Å². The Hall–Kier alpha value is -0.610. The Labute approximate surface area is 111 Å². The Morgan fingerprint density at radius 3 is 2.44 bits per heavy atom. The zero-order valence-electron chi connectivity index (χ0n) is 10.4. The number of halogens is 2. The molecule has 1 heterocycles. The van der Waals surface area contributed by atoms with E-state index in [1.807, 2.05) is 11.8 Å². The van der Waals surface area contributed by atoms with Crippen molar-refractivity contribution >= 4 is 11.8 Å². The van der Waals surface area contributed by atoms with E-state index in [2.05, 4.69) is 5.32 Å². The molecule has 1 N–H and O–H groups in total. The van der Waals surface area contributed by atoms with Gasteiger partial charge in [-0.2, -0.15) is 11.8 Å². The van der Waals surface area contributed by atoms with E-state index in [-0.39, 0.29) is 5.56 Å². The molecule has 1 fully saturated rings. The zero-order valence-corrected chi connectivity index (χ0v) is 11.2. The van der Waals surface area contributed by atoms with Crippen LogP contribution in [0.3, 0.4) is 0 Å². The molecule has 2 rings (SSSR count). The molecule has 0 atom stereocenters.